The summed E-state index contributed by atoms with van der Waals surface area (Å²) < 4.78 is 5.24. The summed E-state index contributed by atoms with van der Waals surface area (Å²) in [6.07, 6.45) is 3.99. The van der Waals surface area contributed by atoms with Gasteiger partial charge in [-0.25, -0.2) is 0 Å². The Labute approximate surface area is 64.0 Å². The van der Waals surface area contributed by atoms with Gasteiger partial charge in [-0.1, -0.05) is 23.1 Å². The van der Waals surface area contributed by atoms with E-state index in [9.17, 15) is 0 Å². The van der Waals surface area contributed by atoms with Gasteiger partial charge < -0.3 is 4.42 Å². The standard InChI is InChI=1S/C8H13OP/c1-3-6-5-9-8(10)7(6)4-2/h5H,3-4,10H2,1-2H3. The molecule has 0 radical (unpaired) electrons. The average molecular weight is 156 g/mol. The van der Waals surface area contributed by atoms with Gasteiger partial charge in [0.05, 0.1) is 6.26 Å². The quantitative estimate of drug-likeness (QED) is 0.596. The highest BCUT2D eigenvalue weighted by molar-refractivity contribution is 7.26. The number of aryl methyl sites for hydroxylation is 1. The molecule has 1 aromatic rings. The SMILES string of the molecule is CCc1coc(P)c1CC. The minimum absolute atomic E-state index is 0.999. The second kappa shape index (κ2) is 3.21. The Morgan fingerprint density at radius 3 is 2.50 bits per heavy atom. The van der Waals surface area contributed by atoms with E-state index in [2.05, 4.69) is 23.1 Å². The van der Waals surface area contributed by atoms with Crippen LogP contribution in [-0.2, 0) is 12.8 Å². The molecule has 1 aromatic heterocycles. The van der Waals surface area contributed by atoms with Crippen LogP contribution in [0.1, 0.15) is 25.0 Å². The van der Waals surface area contributed by atoms with Crippen LogP contribution in [0.5, 0.6) is 0 Å². The Hall–Kier alpha value is -0.290. The molecule has 0 aliphatic heterocycles. The highest BCUT2D eigenvalue weighted by Gasteiger charge is 2.05. The van der Waals surface area contributed by atoms with E-state index in [4.69, 9.17) is 4.42 Å². The van der Waals surface area contributed by atoms with Gasteiger partial charge in [0.1, 0.15) is 5.50 Å². The summed E-state index contributed by atoms with van der Waals surface area (Å²) >= 11 is 0. The number of hydrogen-bond donors (Lipinski definition) is 0. The zero-order valence-electron chi connectivity index (χ0n) is 6.48. The molecule has 56 valence electrons. The number of rotatable bonds is 2. The van der Waals surface area contributed by atoms with E-state index in [0.29, 0.717) is 0 Å². The van der Waals surface area contributed by atoms with Gasteiger partial charge >= 0.3 is 0 Å². The van der Waals surface area contributed by atoms with Gasteiger partial charge in [0.15, 0.2) is 0 Å². The third kappa shape index (κ3) is 1.24. The van der Waals surface area contributed by atoms with Crippen molar-refractivity contribution in [2.24, 2.45) is 0 Å². The Morgan fingerprint density at radius 2 is 2.10 bits per heavy atom. The number of furan rings is 1. The maximum Gasteiger partial charge on any atom is 0.122 e. The summed E-state index contributed by atoms with van der Waals surface area (Å²) in [5, 5.41) is 0. The lowest BCUT2D eigenvalue weighted by Crippen LogP contribution is -1.96. The summed E-state index contributed by atoms with van der Waals surface area (Å²) in [5.74, 6) is 0. The highest BCUT2D eigenvalue weighted by atomic mass is 31.0. The Morgan fingerprint density at radius 1 is 1.40 bits per heavy atom. The van der Waals surface area contributed by atoms with Crippen molar-refractivity contribution in [3.05, 3.63) is 17.4 Å². The fourth-order valence-corrected chi connectivity index (χ4v) is 1.59. The van der Waals surface area contributed by atoms with Gasteiger partial charge in [-0.15, -0.1) is 0 Å². The molecule has 1 heterocycles. The zero-order valence-corrected chi connectivity index (χ0v) is 7.63. The van der Waals surface area contributed by atoms with Crippen molar-refractivity contribution in [3.63, 3.8) is 0 Å². The molecule has 1 unspecified atom stereocenters. The second-order valence-electron chi connectivity index (χ2n) is 2.31. The third-order valence-electron chi connectivity index (χ3n) is 1.75. The molecule has 2 heteroatoms. The molecule has 0 aliphatic carbocycles. The first-order valence-electron chi connectivity index (χ1n) is 3.64. The summed E-state index contributed by atoms with van der Waals surface area (Å²) in [4.78, 5) is 0. The molecule has 1 nitrogen and oxygen atoms in total. The molecule has 0 bridgehead atoms. The molecule has 1 atom stereocenters. The van der Waals surface area contributed by atoms with Crippen LogP contribution in [0.2, 0.25) is 0 Å². The monoisotopic (exact) mass is 156 g/mol. The molecule has 0 fully saturated rings. The van der Waals surface area contributed by atoms with E-state index in [0.717, 1.165) is 18.3 Å². The van der Waals surface area contributed by atoms with Crippen molar-refractivity contribution in [1.82, 2.24) is 0 Å². The van der Waals surface area contributed by atoms with Crippen molar-refractivity contribution in [2.45, 2.75) is 26.7 Å². The highest BCUT2D eigenvalue weighted by Crippen LogP contribution is 2.11. The molecule has 0 N–H and O–H groups in total. The molecule has 0 aliphatic rings. The fraction of sp³-hybridized carbons (Fsp3) is 0.500. The lowest BCUT2D eigenvalue weighted by molar-refractivity contribution is 0.599. The lowest BCUT2D eigenvalue weighted by Gasteiger charge is -1.94. The molecule has 1 rings (SSSR count). The molecular weight excluding hydrogens is 143 g/mol. The van der Waals surface area contributed by atoms with E-state index in [1.54, 1.807) is 0 Å². The van der Waals surface area contributed by atoms with Crippen LogP contribution in [0.25, 0.3) is 0 Å². The number of hydrogen-bond acceptors (Lipinski definition) is 1. The minimum Gasteiger partial charge on any atom is -0.465 e. The van der Waals surface area contributed by atoms with Crippen molar-refractivity contribution in [1.29, 1.82) is 0 Å². The van der Waals surface area contributed by atoms with Gasteiger partial charge in [-0.05, 0) is 18.4 Å². The second-order valence-corrected chi connectivity index (χ2v) is 2.84. The molecule has 0 saturated carbocycles. The van der Waals surface area contributed by atoms with Crippen molar-refractivity contribution < 1.29 is 4.42 Å². The van der Waals surface area contributed by atoms with Gasteiger partial charge in [0.2, 0.25) is 0 Å². The minimum atomic E-state index is 0.999. The van der Waals surface area contributed by atoms with Crippen molar-refractivity contribution >= 4 is 14.7 Å². The van der Waals surface area contributed by atoms with Gasteiger partial charge in [-0.3, -0.25) is 0 Å². The predicted octanol–water partition coefficient (Wildman–Crippen LogP) is 1.90. The first-order valence-corrected chi connectivity index (χ1v) is 4.22. The van der Waals surface area contributed by atoms with Crippen LogP contribution in [0.15, 0.2) is 10.7 Å². The van der Waals surface area contributed by atoms with Crippen LogP contribution in [0.3, 0.4) is 0 Å². The van der Waals surface area contributed by atoms with E-state index in [1.165, 1.54) is 11.1 Å². The molecule has 10 heavy (non-hydrogen) atoms. The smallest absolute Gasteiger partial charge is 0.122 e. The first-order chi connectivity index (χ1) is 4.79. The van der Waals surface area contributed by atoms with E-state index < -0.39 is 0 Å². The van der Waals surface area contributed by atoms with Gasteiger partial charge in [0, 0.05) is 5.56 Å². The summed E-state index contributed by atoms with van der Waals surface area (Å²) in [6.45, 7) is 4.30. The lowest BCUT2D eigenvalue weighted by atomic mass is 10.1. The third-order valence-corrected chi connectivity index (χ3v) is 2.23. The molecule has 0 amide bonds. The summed E-state index contributed by atoms with van der Waals surface area (Å²) in [6, 6.07) is 0. The van der Waals surface area contributed by atoms with Gasteiger partial charge in [-0.2, -0.15) is 0 Å². The molecule has 0 spiro atoms. The van der Waals surface area contributed by atoms with Crippen LogP contribution < -0.4 is 5.50 Å². The van der Waals surface area contributed by atoms with E-state index >= 15 is 0 Å². The van der Waals surface area contributed by atoms with Crippen LogP contribution in [0.4, 0.5) is 0 Å². The normalized spacial score (nSPS) is 10.3. The van der Waals surface area contributed by atoms with Crippen LogP contribution >= 0.6 is 9.24 Å². The first kappa shape index (κ1) is 7.81. The maximum atomic E-state index is 5.24. The molecular formula is C8H13OP. The van der Waals surface area contributed by atoms with E-state index in [1.807, 2.05) is 6.26 Å². The maximum absolute atomic E-state index is 5.24. The van der Waals surface area contributed by atoms with Crippen molar-refractivity contribution in [3.8, 4) is 0 Å². The predicted molar refractivity (Wildman–Crippen MR) is 46.8 cm³/mol. The van der Waals surface area contributed by atoms with Crippen molar-refractivity contribution in [2.75, 3.05) is 0 Å². The fourth-order valence-electron chi connectivity index (χ4n) is 1.13. The van der Waals surface area contributed by atoms with Crippen LogP contribution in [0, 0.1) is 0 Å². The molecule has 0 aromatic carbocycles. The Balaban J connectivity index is 3.01. The Bertz CT molecular complexity index is 215. The zero-order chi connectivity index (χ0) is 7.56. The Kier molecular flexibility index (Phi) is 2.50. The topological polar surface area (TPSA) is 13.1 Å². The van der Waals surface area contributed by atoms with Crippen LogP contribution in [-0.4, -0.2) is 0 Å². The largest absolute Gasteiger partial charge is 0.465 e. The van der Waals surface area contributed by atoms with E-state index in [-0.39, 0.29) is 0 Å². The average Bonchev–Trinajstić information content (AvgIpc) is 2.30. The van der Waals surface area contributed by atoms with Gasteiger partial charge in [0.25, 0.3) is 0 Å². The summed E-state index contributed by atoms with van der Waals surface area (Å²) in [5.41, 5.74) is 3.69. The summed E-state index contributed by atoms with van der Waals surface area (Å²) in [7, 11) is 2.61. The molecule has 0 saturated heterocycles.